The third-order valence-corrected chi connectivity index (χ3v) is 3.70. The largest absolute Gasteiger partial charge is 0.466 e. The normalized spacial score (nSPS) is 21.3. The Hall–Kier alpha value is -0.680. The van der Waals surface area contributed by atoms with Gasteiger partial charge in [-0.2, -0.15) is 0 Å². The van der Waals surface area contributed by atoms with Crippen LogP contribution in [0.3, 0.4) is 0 Å². The van der Waals surface area contributed by atoms with Gasteiger partial charge in [0.2, 0.25) is 0 Å². The minimum atomic E-state index is 0.405. The Labute approximate surface area is 93.1 Å². The minimum absolute atomic E-state index is 0.405. The summed E-state index contributed by atoms with van der Waals surface area (Å²) in [5.74, 6) is 0. The van der Waals surface area contributed by atoms with Gasteiger partial charge in [0, 0.05) is 6.04 Å². The SMILES string of the molecule is C1CC(Oc2nnc(CNC3CC3)s2)C1. The van der Waals surface area contributed by atoms with Crippen molar-refractivity contribution in [2.24, 2.45) is 0 Å². The maximum Gasteiger partial charge on any atom is 0.294 e. The van der Waals surface area contributed by atoms with E-state index in [1.54, 1.807) is 11.3 Å². The van der Waals surface area contributed by atoms with Crippen molar-refractivity contribution in [3.63, 3.8) is 0 Å². The van der Waals surface area contributed by atoms with E-state index in [4.69, 9.17) is 4.74 Å². The summed E-state index contributed by atoms with van der Waals surface area (Å²) in [4.78, 5) is 0. The van der Waals surface area contributed by atoms with Crippen molar-refractivity contribution < 1.29 is 4.74 Å². The smallest absolute Gasteiger partial charge is 0.294 e. The van der Waals surface area contributed by atoms with Crippen LogP contribution in [0.4, 0.5) is 0 Å². The first-order chi connectivity index (χ1) is 7.40. The Morgan fingerprint density at radius 3 is 2.80 bits per heavy atom. The second-order valence-electron chi connectivity index (χ2n) is 4.29. The monoisotopic (exact) mass is 225 g/mol. The van der Waals surface area contributed by atoms with Crippen LogP contribution in [0.25, 0.3) is 0 Å². The summed E-state index contributed by atoms with van der Waals surface area (Å²) in [5, 5.41) is 13.4. The molecule has 0 saturated heterocycles. The molecule has 2 fully saturated rings. The summed E-state index contributed by atoms with van der Waals surface area (Å²) < 4.78 is 5.67. The summed E-state index contributed by atoms with van der Waals surface area (Å²) in [6, 6.07) is 0.727. The van der Waals surface area contributed by atoms with E-state index < -0.39 is 0 Å². The van der Waals surface area contributed by atoms with Crippen molar-refractivity contribution >= 4 is 11.3 Å². The lowest BCUT2D eigenvalue weighted by atomic mass is 9.96. The average Bonchev–Trinajstić information content (AvgIpc) is 2.89. The van der Waals surface area contributed by atoms with Gasteiger partial charge in [-0.3, -0.25) is 0 Å². The van der Waals surface area contributed by atoms with E-state index in [0.29, 0.717) is 6.10 Å². The van der Waals surface area contributed by atoms with Gasteiger partial charge in [0.1, 0.15) is 11.1 Å². The molecule has 1 heterocycles. The number of aromatic nitrogens is 2. The fourth-order valence-corrected chi connectivity index (χ4v) is 2.21. The Morgan fingerprint density at radius 1 is 1.27 bits per heavy atom. The molecule has 0 aliphatic heterocycles. The molecule has 0 aromatic carbocycles. The third kappa shape index (κ3) is 2.46. The fourth-order valence-electron chi connectivity index (χ4n) is 1.51. The highest BCUT2D eigenvalue weighted by atomic mass is 32.1. The summed E-state index contributed by atoms with van der Waals surface area (Å²) in [5.41, 5.74) is 0. The van der Waals surface area contributed by atoms with Crippen LogP contribution in [0.15, 0.2) is 0 Å². The Morgan fingerprint density at radius 2 is 2.13 bits per heavy atom. The van der Waals surface area contributed by atoms with E-state index in [2.05, 4.69) is 15.5 Å². The maximum atomic E-state index is 5.67. The van der Waals surface area contributed by atoms with Crippen LogP contribution in [-0.2, 0) is 6.54 Å². The topological polar surface area (TPSA) is 47.0 Å². The second-order valence-corrected chi connectivity index (χ2v) is 5.31. The van der Waals surface area contributed by atoms with E-state index in [1.807, 2.05) is 0 Å². The molecule has 0 bridgehead atoms. The van der Waals surface area contributed by atoms with E-state index >= 15 is 0 Å². The highest BCUT2D eigenvalue weighted by molar-refractivity contribution is 7.13. The van der Waals surface area contributed by atoms with Gasteiger partial charge in [0.25, 0.3) is 5.19 Å². The molecule has 0 atom stereocenters. The number of ether oxygens (including phenoxy) is 1. The molecule has 0 amide bonds. The predicted molar refractivity (Wildman–Crippen MR) is 58.0 cm³/mol. The first kappa shape index (κ1) is 9.54. The van der Waals surface area contributed by atoms with Crippen molar-refractivity contribution in [1.29, 1.82) is 0 Å². The van der Waals surface area contributed by atoms with Crippen molar-refractivity contribution in [2.75, 3.05) is 0 Å². The van der Waals surface area contributed by atoms with Crippen molar-refractivity contribution in [3.05, 3.63) is 5.01 Å². The predicted octanol–water partition coefficient (Wildman–Crippen LogP) is 1.72. The molecule has 4 nitrogen and oxygen atoms in total. The number of rotatable bonds is 5. The van der Waals surface area contributed by atoms with E-state index in [1.165, 1.54) is 32.1 Å². The molecule has 15 heavy (non-hydrogen) atoms. The molecule has 1 aromatic heterocycles. The van der Waals surface area contributed by atoms with E-state index in [-0.39, 0.29) is 0 Å². The quantitative estimate of drug-likeness (QED) is 0.829. The Bertz CT molecular complexity index is 333. The lowest BCUT2D eigenvalue weighted by Crippen LogP contribution is -2.24. The highest BCUT2D eigenvalue weighted by Gasteiger charge is 2.22. The summed E-state index contributed by atoms with van der Waals surface area (Å²) in [6.45, 7) is 0.844. The molecule has 82 valence electrons. The standard InChI is InChI=1S/C10H15N3OS/c1-2-8(3-1)14-10-13-12-9(15-10)6-11-7-4-5-7/h7-8,11H,1-6H2. The molecule has 5 heteroatoms. The van der Waals surface area contributed by atoms with Crippen LogP contribution >= 0.6 is 11.3 Å². The number of hydrogen-bond acceptors (Lipinski definition) is 5. The van der Waals surface area contributed by atoms with Gasteiger partial charge in [-0.15, -0.1) is 5.10 Å². The molecule has 2 aliphatic carbocycles. The Balaban J connectivity index is 1.50. The minimum Gasteiger partial charge on any atom is -0.466 e. The summed E-state index contributed by atoms with van der Waals surface area (Å²) >= 11 is 1.57. The van der Waals surface area contributed by atoms with Crippen LogP contribution in [0.1, 0.15) is 37.1 Å². The van der Waals surface area contributed by atoms with Crippen molar-refractivity contribution in [2.45, 2.75) is 50.8 Å². The molecule has 3 rings (SSSR count). The maximum absolute atomic E-state index is 5.67. The first-order valence-electron chi connectivity index (χ1n) is 5.62. The first-order valence-corrected chi connectivity index (χ1v) is 6.44. The van der Waals surface area contributed by atoms with Crippen LogP contribution in [0.5, 0.6) is 5.19 Å². The number of hydrogen-bond donors (Lipinski definition) is 1. The van der Waals surface area contributed by atoms with Crippen molar-refractivity contribution in [3.8, 4) is 5.19 Å². The molecule has 0 radical (unpaired) electrons. The van der Waals surface area contributed by atoms with Gasteiger partial charge >= 0.3 is 0 Å². The van der Waals surface area contributed by atoms with Gasteiger partial charge in [-0.25, -0.2) is 0 Å². The number of nitrogens with zero attached hydrogens (tertiary/aromatic N) is 2. The van der Waals surface area contributed by atoms with E-state index in [9.17, 15) is 0 Å². The summed E-state index contributed by atoms with van der Waals surface area (Å²) in [7, 11) is 0. The van der Waals surface area contributed by atoms with Gasteiger partial charge in [-0.1, -0.05) is 16.4 Å². The van der Waals surface area contributed by atoms with Crippen LogP contribution in [0, 0.1) is 0 Å². The molecule has 0 spiro atoms. The van der Waals surface area contributed by atoms with Gasteiger partial charge < -0.3 is 10.1 Å². The van der Waals surface area contributed by atoms with Gasteiger partial charge in [0.05, 0.1) is 6.54 Å². The lowest BCUT2D eigenvalue weighted by molar-refractivity contribution is 0.119. The summed E-state index contributed by atoms with van der Waals surface area (Å²) in [6.07, 6.45) is 6.67. The van der Waals surface area contributed by atoms with Gasteiger partial charge in [-0.05, 0) is 32.1 Å². The molecule has 0 unspecified atom stereocenters. The van der Waals surface area contributed by atoms with Crippen molar-refractivity contribution in [1.82, 2.24) is 15.5 Å². The molecular weight excluding hydrogens is 210 g/mol. The zero-order valence-corrected chi connectivity index (χ0v) is 9.42. The molecule has 2 aliphatic rings. The third-order valence-electron chi connectivity index (χ3n) is 2.89. The average molecular weight is 225 g/mol. The zero-order chi connectivity index (χ0) is 10.1. The fraction of sp³-hybridized carbons (Fsp3) is 0.800. The molecule has 1 N–H and O–H groups in total. The van der Waals surface area contributed by atoms with E-state index in [0.717, 1.165) is 22.8 Å². The van der Waals surface area contributed by atoms with Crippen LogP contribution < -0.4 is 10.1 Å². The zero-order valence-electron chi connectivity index (χ0n) is 8.61. The second kappa shape index (κ2) is 4.06. The lowest BCUT2D eigenvalue weighted by Gasteiger charge is -2.24. The molecule has 2 saturated carbocycles. The number of nitrogens with one attached hydrogen (secondary N) is 1. The Kier molecular flexibility index (Phi) is 2.58. The van der Waals surface area contributed by atoms with Gasteiger partial charge in [0.15, 0.2) is 0 Å². The highest BCUT2D eigenvalue weighted by Crippen LogP contribution is 2.27. The molecule has 1 aromatic rings. The molecular formula is C10H15N3OS. The van der Waals surface area contributed by atoms with Crippen LogP contribution in [-0.4, -0.2) is 22.3 Å². The van der Waals surface area contributed by atoms with Crippen LogP contribution in [0.2, 0.25) is 0 Å².